The topological polar surface area (TPSA) is 39.4 Å². The fraction of sp³-hybridized carbons (Fsp3) is 0.348. The standard InChI is InChI=1S/C23H22O3/c1-14-21-16(11-12-20(25-21)15-7-3-2-4-8-15)13-19-17-9-5-6-10-18(17)23(24)26-22(14)19/h2-4,7-8,13,20H,5-6,9-12H2,1H3/t20-/m0/s1. The number of benzene rings is 2. The monoisotopic (exact) mass is 346 g/mol. The summed E-state index contributed by atoms with van der Waals surface area (Å²) in [4.78, 5) is 12.5. The van der Waals surface area contributed by atoms with Crippen molar-refractivity contribution in [1.82, 2.24) is 0 Å². The molecule has 0 saturated carbocycles. The summed E-state index contributed by atoms with van der Waals surface area (Å²) in [6, 6.07) is 12.6. The highest BCUT2D eigenvalue weighted by Gasteiger charge is 2.27. The van der Waals surface area contributed by atoms with Crippen molar-refractivity contribution >= 4 is 11.0 Å². The fourth-order valence-corrected chi connectivity index (χ4v) is 4.53. The molecule has 2 aliphatic rings. The Balaban J connectivity index is 1.66. The fourth-order valence-electron chi connectivity index (χ4n) is 4.53. The average Bonchev–Trinajstić information content (AvgIpc) is 2.70. The van der Waals surface area contributed by atoms with E-state index in [-0.39, 0.29) is 11.7 Å². The maximum absolute atomic E-state index is 12.5. The van der Waals surface area contributed by atoms with Crippen LogP contribution in [0.2, 0.25) is 0 Å². The Morgan fingerprint density at radius 2 is 1.77 bits per heavy atom. The van der Waals surface area contributed by atoms with Crippen molar-refractivity contribution in [3.05, 3.63) is 74.6 Å². The van der Waals surface area contributed by atoms with Crippen molar-refractivity contribution in [2.24, 2.45) is 0 Å². The largest absolute Gasteiger partial charge is 0.485 e. The SMILES string of the molecule is Cc1c2c(cc3c4c(c(=O)oc13)CCCC4)CC[C@@H](c1ccccc1)O2. The summed E-state index contributed by atoms with van der Waals surface area (Å²) >= 11 is 0. The highest BCUT2D eigenvalue weighted by atomic mass is 16.5. The van der Waals surface area contributed by atoms with Crippen LogP contribution in [0.15, 0.2) is 45.6 Å². The van der Waals surface area contributed by atoms with Crippen molar-refractivity contribution in [3.63, 3.8) is 0 Å². The second kappa shape index (κ2) is 6.01. The number of fused-ring (bicyclic) bond motifs is 4. The number of aryl methyl sites for hydroxylation is 3. The molecule has 0 amide bonds. The summed E-state index contributed by atoms with van der Waals surface area (Å²) in [6.07, 6.45) is 6.06. The Morgan fingerprint density at radius 1 is 1.00 bits per heavy atom. The molecular formula is C23H22O3. The molecule has 132 valence electrons. The first-order valence-electron chi connectivity index (χ1n) is 9.55. The molecule has 0 N–H and O–H groups in total. The Labute approximate surface area is 152 Å². The normalized spacial score (nSPS) is 18.9. The van der Waals surface area contributed by atoms with Crippen LogP contribution in [0.25, 0.3) is 11.0 Å². The maximum Gasteiger partial charge on any atom is 0.339 e. The van der Waals surface area contributed by atoms with E-state index in [1.807, 2.05) is 25.1 Å². The van der Waals surface area contributed by atoms with Crippen LogP contribution in [0.3, 0.4) is 0 Å². The minimum absolute atomic E-state index is 0.0594. The Bertz CT molecular complexity index is 1050. The predicted octanol–water partition coefficient (Wildman–Crippen LogP) is 5.05. The summed E-state index contributed by atoms with van der Waals surface area (Å²) in [5.74, 6) is 0.900. The van der Waals surface area contributed by atoms with Gasteiger partial charge < -0.3 is 9.15 Å². The molecule has 0 spiro atoms. The summed E-state index contributed by atoms with van der Waals surface area (Å²) < 4.78 is 12.1. The van der Waals surface area contributed by atoms with E-state index in [4.69, 9.17) is 9.15 Å². The van der Waals surface area contributed by atoms with Crippen LogP contribution >= 0.6 is 0 Å². The number of hydrogen-bond donors (Lipinski definition) is 0. The van der Waals surface area contributed by atoms with Crippen LogP contribution in [0.5, 0.6) is 5.75 Å². The van der Waals surface area contributed by atoms with E-state index in [1.54, 1.807) is 0 Å². The van der Waals surface area contributed by atoms with Gasteiger partial charge in [0.05, 0.1) is 0 Å². The maximum atomic E-state index is 12.5. The van der Waals surface area contributed by atoms with Gasteiger partial charge in [0.2, 0.25) is 0 Å². The predicted molar refractivity (Wildman–Crippen MR) is 102 cm³/mol. The molecule has 1 aliphatic carbocycles. The van der Waals surface area contributed by atoms with Crippen molar-refractivity contribution in [2.45, 2.75) is 51.6 Å². The van der Waals surface area contributed by atoms with Gasteiger partial charge in [0.1, 0.15) is 17.4 Å². The zero-order valence-electron chi connectivity index (χ0n) is 15.0. The van der Waals surface area contributed by atoms with Gasteiger partial charge in [-0.25, -0.2) is 4.79 Å². The lowest BCUT2D eigenvalue weighted by Crippen LogP contribution is -2.19. The lowest BCUT2D eigenvalue weighted by Gasteiger charge is -2.29. The molecule has 0 radical (unpaired) electrons. The van der Waals surface area contributed by atoms with Gasteiger partial charge in [-0.2, -0.15) is 0 Å². The number of ether oxygens (including phenoxy) is 1. The molecule has 3 aromatic rings. The van der Waals surface area contributed by atoms with Gasteiger partial charge in [-0.05, 0) is 68.2 Å². The molecule has 0 unspecified atom stereocenters. The second-order valence-corrected chi connectivity index (χ2v) is 7.48. The Hall–Kier alpha value is -2.55. The minimum Gasteiger partial charge on any atom is -0.485 e. The molecule has 3 nitrogen and oxygen atoms in total. The zero-order chi connectivity index (χ0) is 17.7. The van der Waals surface area contributed by atoms with Crippen LogP contribution in [0, 0.1) is 6.92 Å². The molecular weight excluding hydrogens is 324 g/mol. The lowest BCUT2D eigenvalue weighted by atomic mass is 9.87. The van der Waals surface area contributed by atoms with E-state index in [1.165, 1.54) is 16.7 Å². The quantitative estimate of drug-likeness (QED) is 0.579. The molecule has 2 heterocycles. The van der Waals surface area contributed by atoms with Gasteiger partial charge in [0, 0.05) is 16.5 Å². The lowest BCUT2D eigenvalue weighted by molar-refractivity contribution is 0.175. The zero-order valence-corrected chi connectivity index (χ0v) is 15.0. The first-order valence-corrected chi connectivity index (χ1v) is 9.55. The van der Waals surface area contributed by atoms with Crippen LogP contribution in [-0.4, -0.2) is 0 Å². The first-order chi connectivity index (χ1) is 12.7. The minimum atomic E-state index is -0.161. The Morgan fingerprint density at radius 3 is 2.58 bits per heavy atom. The van der Waals surface area contributed by atoms with Crippen molar-refractivity contribution < 1.29 is 9.15 Å². The molecule has 0 fully saturated rings. The molecule has 3 heteroatoms. The molecule has 0 bridgehead atoms. The molecule has 1 aliphatic heterocycles. The number of rotatable bonds is 1. The van der Waals surface area contributed by atoms with Gasteiger partial charge in [0.25, 0.3) is 0 Å². The van der Waals surface area contributed by atoms with Crippen LogP contribution in [-0.2, 0) is 19.3 Å². The van der Waals surface area contributed by atoms with E-state index >= 15 is 0 Å². The van der Waals surface area contributed by atoms with E-state index in [9.17, 15) is 4.79 Å². The molecule has 0 saturated heterocycles. The summed E-state index contributed by atoms with van der Waals surface area (Å²) in [7, 11) is 0. The van der Waals surface area contributed by atoms with E-state index in [0.717, 1.165) is 60.8 Å². The van der Waals surface area contributed by atoms with E-state index < -0.39 is 0 Å². The van der Waals surface area contributed by atoms with Crippen molar-refractivity contribution in [3.8, 4) is 5.75 Å². The van der Waals surface area contributed by atoms with Crippen molar-refractivity contribution in [2.75, 3.05) is 0 Å². The van der Waals surface area contributed by atoms with E-state index in [0.29, 0.717) is 5.58 Å². The van der Waals surface area contributed by atoms with E-state index in [2.05, 4.69) is 18.2 Å². The van der Waals surface area contributed by atoms with Gasteiger partial charge in [-0.15, -0.1) is 0 Å². The van der Waals surface area contributed by atoms with Gasteiger partial charge in [-0.3, -0.25) is 0 Å². The smallest absolute Gasteiger partial charge is 0.339 e. The second-order valence-electron chi connectivity index (χ2n) is 7.48. The van der Waals surface area contributed by atoms with Gasteiger partial charge in [-0.1, -0.05) is 30.3 Å². The Kier molecular flexibility index (Phi) is 3.63. The highest BCUT2D eigenvalue weighted by molar-refractivity contribution is 5.87. The summed E-state index contributed by atoms with van der Waals surface area (Å²) in [5.41, 5.74) is 6.05. The molecule has 26 heavy (non-hydrogen) atoms. The highest BCUT2D eigenvalue weighted by Crippen LogP contribution is 2.41. The third-order valence-corrected chi connectivity index (χ3v) is 5.88. The van der Waals surface area contributed by atoms with Crippen LogP contribution in [0.1, 0.15) is 53.2 Å². The molecule has 1 aromatic heterocycles. The number of hydrogen-bond acceptors (Lipinski definition) is 3. The van der Waals surface area contributed by atoms with Gasteiger partial charge in [0.15, 0.2) is 0 Å². The van der Waals surface area contributed by atoms with Crippen LogP contribution < -0.4 is 10.4 Å². The average molecular weight is 346 g/mol. The van der Waals surface area contributed by atoms with Crippen molar-refractivity contribution in [1.29, 1.82) is 0 Å². The molecule has 5 rings (SSSR count). The third kappa shape index (κ3) is 2.38. The third-order valence-electron chi connectivity index (χ3n) is 5.88. The molecule has 2 aromatic carbocycles. The van der Waals surface area contributed by atoms with Crippen LogP contribution in [0.4, 0.5) is 0 Å². The molecule has 1 atom stereocenters. The summed E-state index contributed by atoms with van der Waals surface area (Å²) in [5, 5.41) is 1.12. The summed E-state index contributed by atoms with van der Waals surface area (Å²) in [6.45, 7) is 2.02. The first kappa shape index (κ1) is 15.7. The van der Waals surface area contributed by atoms with Gasteiger partial charge >= 0.3 is 5.63 Å².